The second-order valence-corrected chi connectivity index (χ2v) is 6.53. The first-order chi connectivity index (χ1) is 11.8. The molecule has 0 spiro atoms. The van der Waals surface area contributed by atoms with Gasteiger partial charge in [0.1, 0.15) is 17.8 Å². The van der Waals surface area contributed by atoms with Crippen LogP contribution in [0.4, 0.5) is 0 Å². The largest absolute Gasteiger partial charge is 0.345 e. The number of quaternary nitrogens is 1. The molecule has 3 heterocycles. The highest BCUT2D eigenvalue weighted by Crippen LogP contribution is 2.20. The van der Waals surface area contributed by atoms with E-state index in [0.717, 1.165) is 40.0 Å². The van der Waals surface area contributed by atoms with Crippen LogP contribution in [0.1, 0.15) is 22.8 Å². The normalized spacial score (nSPS) is 13.9. The highest BCUT2D eigenvalue weighted by atomic mass is 32.1. The minimum atomic E-state index is 0.0739. The van der Waals surface area contributed by atoms with Gasteiger partial charge in [-0.3, -0.25) is 4.57 Å². The van der Waals surface area contributed by atoms with Gasteiger partial charge in [-0.25, -0.2) is 0 Å². The van der Waals surface area contributed by atoms with Crippen LogP contribution in [0.15, 0.2) is 55.0 Å². The van der Waals surface area contributed by atoms with Crippen LogP contribution in [0.25, 0.3) is 10.9 Å². The zero-order valence-electron chi connectivity index (χ0n) is 13.3. The van der Waals surface area contributed by atoms with Gasteiger partial charge in [-0.1, -0.05) is 18.3 Å². The van der Waals surface area contributed by atoms with E-state index in [2.05, 4.69) is 22.5 Å². The number of nitrogens with zero attached hydrogens (tertiary/aromatic N) is 2. The lowest BCUT2D eigenvalue weighted by Gasteiger charge is -2.12. The quantitative estimate of drug-likeness (QED) is 0.254. The lowest BCUT2D eigenvalue weighted by molar-refractivity contribution is -0.665. The maximum atomic E-state index is 13.0. The molecule has 2 N–H and O–H groups in total. The van der Waals surface area contributed by atoms with Crippen molar-refractivity contribution < 1.29 is 14.7 Å². The number of ketones is 1. The predicted molar refractivity (Wildman–Crippen MR) is 94.9 cm³/mol. The average molecular weight is 335 g/mol. The average Bonchev–Trinajstić information content (AvgIpc) is 3.27. The molecule has 24 heavy (non-hydrogen) atoms. The fourth-order valence-electron chi connectivity index (χ4n) is 2.96. The Bertz CT molecular complexity index is 917. The smallest absolute Gasteiger partial charge is 0.277 e. The van der Waals surface area contributed by atoms with Crippen LogP contribution in [-0.2, 0) is 17.9 Å². The van der Waals surface area contributed by atoms with Crippen molar-refractivity contribution in [3.8, 4) is 0 Å². The Morgan fingerprint density at radius 2 is 2.25 bits per heavy atom. The van der Waals surface area contributed by atoms with E-state index in [-0.39, 0.29) is 5.78 Å². The van der Waals surface area contributed by atoms with Crippen LogP contribution in [-0.4, -0.2) is 16.1 Å². The number of aryl methyl sites for hydroxylation is 1. The molecule has 1 aromatic carbocycles. The van der Waals surface area contributed by atoms with Gasteiger partial charge in [0, 0.05) is 0 Å². The molecule has 2 aromatic heterocycles. The van der Waals surface area contributed by atoms with Gasteiger partial charge >= 0.3 is 0 Å². The summed E-state index contributed by atoms with van der Waals surface area (Å²) in [6.07, 6.45) is 5.54. The highest BCUT2D eigenvalue weighted by Gasteiger charge is 2.33. The highest BCUT2D eigenvalue weighted by molar-refractivity contribution is 7.81. The van der Waals surface area contributed by atoms with Crippen molar-refractivity contribution >= 4 is 33.4 Å². The van der Waals surface area contributed by atoms with E-state index in [0.29, 0.717) is 0 Å². The maximum Gasteiger partial charge on any atom is 0.277 e. The Kier molecular flexibility index (Phi) is 3.80. The predicted octanol–water partition coefficient (Wildman–Crippen LogP) is 0.975. The van der Waals surface area contributed by atoms with Gasteiger partial charge in [-0.05, 0) is 29.6 Å². The first-order valence-electron chi connectivity index (χ1n) is 7.89. The SMILES string of the molecule is CC[n+]1cc(C(=O)[C-]2C=[S+][C-](c3cccnc3)[NH2+]2)c2cccc[c-]21. The lowest BCUT2D eigenvalue weighted by atomic mass is 10.0. The van der Waals surface area contributed by atoms with Gasteiger partial charge in [-0.15, -0.1) is 24.3 Å². The molecule has 1 aliphatic rings. The van der Waals surface area contributed by atoms with E-state index >= 15 is 0 Å². The number of aromatic nitrogens is 2. The number of pyridine rings is 1. The monoisotopic (exact) mass is 335 g/mol. The first-order valence-corrected chi connectivity index (χ1v) is 8.77. The maximum absolute atomic E-state index is 13.0. The zero-order valence-corrected chi connectivity index (χ0v) is 14.1. The molecule has 0 bridgehead atoms. The molecule has 5 heteroatoms. The molecule has 0 fully saturated rings. The van der Waals surface area contributed by atoms with Gasteiger partial charge in [0.15, 0.2) is 16.7 Å². The molecule has 1 aliphatic heterocycles. The van der Waals surface area contributed by atoms with Crippen LogP contribution in [0.2, 0.25) is 0 Å². The topological polar surface area (TPSA) is 50.5 Å². The van der Waals surface area contributed by atoms with Crippen LogP contribution in [0.3, 0.4) is 0 Å². The van der Waals surface area contributed by atoms with Gasteiger partial charge in [0.25, 0.3) is 5.37 Å². The number of rotatable bonds is 4. The third-order valence-electron chi connectivity index (χ3n) is 4.18. The summed E-state index contributed by atoms with van der Waals surface area (Å²) in [6.45, 7) is 2.93. The van der Waals surface area contributed by atoms with E-state index in [1.165, 1.54) is 0 Å². The van der Waals surface area contributed by atoms with Gasteiger partial charge in [0.05, 0.1) is 12.2 Å². The number of hydrogen-bond acceptors (Lipinski definition) is 2. The molecule has 0 unspecified atom stereocenters. The Balaban J connectivity index is 1.63. The minimum absolute atomic E-state index is 0.0739. The molecule has 0 radical (unpaired) electrons. The van der Waals surface area contributed by atoms with Gasteiger partial charge in [-0.2, -0.15) is 0 Å². The van der Waals surface area contributed by atoms with E-state index < -0.39 is 0 Å². The van der Waals surface area contributed by atoms with E-state index in [1.54, 1.807) is 17.5 Å². The number of para-hydroxylation sites is 1. The summed E-state index contributed by atoms with van der Waals surface area (Å²) in [6, 6.07) is 12.7. The first kappa shape index (κ1) is 14.9. The standard InChI is InChI=1S/C19H17N3OS/c1-2-22-11-15(14-7-3-4-8-17(14)22)18(23)16-12-24-19(21-16)13-6-5-9-20-10-13/h3-12H,2,21H2,1H3. The van der Waals surface area contributed by atoms with E-state index in [1.807, 2.05) is 53.4 Å². The van der Waals surface area contributed by atoms with Crippen LogP contribution < -0.4 is 9.88 Å². The van der Waals surface area contributed by atoms with Crippen molar-refractivity contribution in [3.63, 3.8) is 0 Å². The van der Waals surface area contributed by atoms with Gasteiger partial charge in [0.2, 0.25) is 0 Å². The van der Waals surface area contributed by atoms with Crippen LogP contribution in [0, 0.1) is 11.4 Å². The summed E-state index contributed by atoms with van der Waals surface area (Å²) in [5, 5.41) is 5.97. The summed E-state index contributed by atoms with van der Waals surface area (Å²) in [7, 11) is 0. The van der Waals surface area contributed by atoms with Crippen molar-refractivity contribution in [2.75, 3.05) is 0 Å². The summed E-state index contributed by atoms with van der Waals surface area (Å²) < 4.78 is 2.12. The molecule has 4 rings (SSSR count). The van der Waals surface area contributed by atoms with Gasteiger partial charge < -0.3 is 15.1 Å². The Morgan fingerprint density at radius 3 is 3.04 bits per heavy atom. The van der Waals surface area contributed by atoms with Crippen molar-refractivity contribution in [1.29, 1.82) is 0 Å². The molecule has 0 aliphatic carbocycles. The fourth-order valence-corrected chi connectivity index (χ4v) is 3.84. The van der Waals surface area contributed by atoms with Crippen molar-refractivity contribution in [3.05, 3.63) is 77.5 Å². The summed E-state index contributed by atoms with van der Waals surface area (Å²) in [5.74, 6) is 0.0739. The third-order valence-corrected chi connectivity index (χ3v) is 5.16. The molecule has 120 valence electrons. The van der Waals surface area contributed by atoms with E-state index in [4.69, 9.17) is 0 Å². The molecular formula is C19H17N3OS. The number of carbonyl (C=O) groups is 1. The van der Waals surface area contributed by atoms with E-state index in [9.17, 15) is 4.79 Å². The van der Waals surface area contributed by atoms with Crippen LogP contribution >= 0.6 is 0 Å². The Morgan fingerprint density at radius 1 is 1.33 bits per heavy atom. The molecule has 0 saturated heterocycles. The second kappa shape index (κ2) is 6.11. The zero-order chi connectivity index (χ0) is 16.5. The van der Waals surface area contributed by atoms with Crippen LogP contribution in [0.5, 0.6) is 0 Å². The molecule has 4 nitrogen and oxygen atoms in total. The number of fused-ring (bicyclic) bond motifs is 1. The summed E-state index contributed by atoms with van der Waals surface area (Å²) >= 11 is 1.58. The Hall–Kier alpha value is -2.63. The minimum Gasteiger partial charge on any atom is -0.345 e. The lowest BCUT2D eigenvalue weighted by Crippen LogP contribution is -2.86. The summed E-state index contributed by atoms with van der Waals surface area (Å²) in [5.41, 5.74) is 2.91. The molecule has 0 atom stereocenters. The number of hydrogen-bond donors (Lipinski definition) is 1. The number of Topliss-reactive ketones (excluding diaryl/α,β-unsaturated/α-hetero) is 1. The van der Waals surface area contributed by atoms with Crippen molar-refractivity contribution in [2.45, 2.75) is 13.5 Å². The van der Waals surface area contributed by atoms with Crippen molar-refractivity contribution in [2.24, 2.45) is 0 Å². The number of carbonyl (C=O) groups excluding carboxylic acids is 1. The van der Waals surface area contributed by atoms with Crippen molar-refractivity contribution in [1.82, 2.24) is 4.98 Å². The third kappa shape index (κ3) is 2.48. The molecule has 0 amide bonds. The second-order valence-electron chi connectivity index (χ2n) is 5.62. The number of benzene rings is 1. The fraction of sp³-hybridized carbons (Fsp3) is 0.105. The Labute approximate surface area is 144 Å². The number of nitrogens with two attached hydrogens (primary N) is 1. The molecule has 0 saturated carbocycles. The molecule has 3 aromatic rings. The molecular weight excluding hydrogens is 318 g/mol. The summed E-state index contributed by atoms with van der Waals surface area (Å²) in [4.78, 5) is 17.2.